The van der Waals surface area contributed by atoms with Crippen molar-refractivity contribution in [3.8, 4) is 0 Å². The summed E-state index contributed by atoms with van der Waals surface area (Å²) in [5.74, 6) is -1.93. The van der Waals surface area contributed by atoms with Crippen LogP contribution in [0.4, 0.5) is 8.78 Å². The molecule has 1 heterocycles. The third-order valence-corrected chi connectivity index (χ3v) is 3.63. The van der Waals surface area contributed by atoms with Crippen LogP contribution in [0.1, 0.15) is 30.6 Å². The molecule has 1 fully saturated rings. The van der Waals surface area contributed by atoms with Gasteiger partial charge in [0.2, 0.25) is 0 Å². The number of hydrogen-bond donors (Lipinski definition) is 1. The first-order chi connectivity index (χ1) is 8.79. The van der Waals surface area contributed by atoms with E-state index < -0.39 is 23.1 Å². The van der Waals surface area contributed by atoms with Gasteiger partial charge < -0.3 is 10.0 Å². The molecule has 0 spiro atoms. The number of halogens is 2. The quantitative estimate of drug-likeness (QED) is 0.894. The summed E-state index contributed by atoms with van der Waals surface area (Å²) in [7, 11) is 0. The lowest BCUT2D eigenvalue weighted by molar-refractivity contribution is 0.0211. The summed E-state index contributed by atoms with van der Waals surface area (Å²) in [5.41, 5.74) is -1.13. The van der Waals surface area contributed by atoms with Crippen LogP contribution in [0.15, 0.2) is 18.2 Å². The Morgan fingerprint density at radius 2 is 2.11 bits per heavy atom. The van der Waals surface area contributed by atoms with E-state index in [9.17, 15) is 18.7 Å². The van der Waals surface area contributed by atoms with Gasteiger partial charge >= 0.3 is 0 Å². The van der Waals surface area contributed by atoms with Gasteiger partial charge in [-0.15, -0.1) is 0 Å². The largest absolute Gasteiger partial charge is 0.390 e. The molecule has 3 nitrogen and oxygen atoms in total. The fraction of sp³-hybridized carbons (Fsp3) is 0.500. The molecule has 1 N–H and O–H groups in total. The Kier molecular flexibility index (Phi) is 3.58. The fourth-order valence-electron chi connectivity index (χ4n) is 2.35. The van der Waals surface area contributed by atoms with E-state index in [1.165, 1.54) is 4.90 Å². The highest BCUT2D eigenvalue weighted by atomic mass is 19.1. The molecule has 1 aromatic carbocycles. The number of likely N-dealkylation sites (tertiary alicyclic amines) is 1. The van der Waals surface area contributed by atoms with Gasteiger partial charge in [-0.25, -0.2) is 8.78 Å². The molecule has 1 aliphatic rings. The zero-order valence-corrected chi connectivity index (χ0v) is 11.0. The van der Waals surface area contributed by atoms with Crippen molar-refractivity contribution in [1.82, 2.24) is 4.90 Å². The molecule has 0 radical (unpaired) electrons. The van der Waals surface area contributed by atoms with Gasteiger partial charge in [0.1, 0.15) is 11.6 Å². The van der Waals surface area contributed by atoms with Crippen LogP contribution in [0.25, 0.3) is 0 Å². The van der Waals surface area contributed by atoms with E-state index in [1.807, 2.05) is 0 Å². The van der Waals surface area contributed by atoms with Crippen molar-refractivity contribution in [2.24, 2.45) is 5.92 Å². The molecule has 0 bridgehead atoms. The summed E-state index contributed by atoms with van der Waals surface area (Å²) < 4.78 is 26.6. The average Bonchev–Trinajstić information content (AvgIpc) is 2.80. The Bertz CT molecular complexity index is 497. The van der Waals surface area contributed by atoms with Crippen LogP contribution in [0.5, 0.6) is 0 Å². The van der Waals surface area contributed by atoms with Gasteiger partial charge in [-0.3, -0.25) is 4.79 Å². The Morgan fingerprint density at radius 3 is 2.68 bits per heavy atom. The zero-order chi connectivity index (χ0) is 14.2. The van der Waals surface area contributed by atoms with Crippen LogP contribution >= 0.6 is 0 Å². The molecular formula is C14H17F2NO2. The lowest BCUT2D eigenvalue weighted by Crippen LogP contribution is -2.35. The number of benzene rings is 1. The van der Waals surface area contributed by atoms with Gasteiger partial charge in [-0.1, -0.05) is 0 Å². The second-order valence-corrected chi connectivity index (χ2v) is 5.51. The zero-order valence-electron chi connectivity index (χ0n) is 11.0. The minimum Gasteiger partial charge on any atom is -0.390 e. The maximum absolute atomic E-state index is 13.5. The standard InChI is InChI=1S/C14H17F2NO2/c1-14(2,19)9-5-6-17(8-9)13(18)11-7-10(15)3-4-12(11)16/h3-4,7,9,19H,5-6,8H2,1-2H3/t9-/m0/s1. The molecule has 19 heavy (non-hydrogen) atoms. The molecule has 1 atom stereocenters. The first-order valence-corrected chi connectivity index (χ1v) is 6.25. The van der Waals surface area contributed by atoms with Gasteiger partial charge in [0.25, 0.3) is 5.91 Å². The van der Waals surface area contributed by atoms with Gasteiger partial charge in [-0.05, 0) is 38.5 Å². The third-order valence-electron chi connectivity index (χ3n) is 3.63. The van der Waals surface area contributed by atoms with Crippen molar-refractivity contribution in [3.63, 3.8) is 0 Å². The summed E-state index contributed by atoms with van der Waals surface area (Å²) in [6.07, 6.45) is 0.659. The number of amides is 1. The molecule has 0 unspecified atom stereocenters. The minimum atomic E-state index is -0.879. The van der Waals surface area contributed by atoms with Crippen molar-refractivity contribution in [1.29, 1.82) is 0 Å². The Labute approximate surface area is 110 Å². The molecule has 1 amide bonds. The molecule has 5 heteroatoms. The molecular weight excluding hydrogens is 252 g/mol. The van der Waals surface area contributed by atoms with Crippen LogP contribution in [-0.4, -0.2) is 34.6 Å². The molecule has 2 rings (SSSR count). The average molecular weight is 269 g/mol. The monoisotopic (exact) mass is 269 g/mol. The van der Waals surface area contributed by atoms with Crippen LogP contribution in [0.2, 0.25) is 0 Å². The van der Waals surface area contributed by atoms with Crippen molar-refractivity contribution < 1.29 is 18.7 Å². The molecule has 0 aromatic heterocycles. The van der Waals surface area contributed by atoms with Crippen LogP contribution in [0, 0.1) is 17.6 Å². The maximum atomic E-state index is 13.5. The van der Waals surface area contributed by atoms with Gasteiger partial charge in [0.05, 0.1) is 11.2 Å². The summed E-state index contributed by atoms with van der Waals surface area (Å²) in [4.78, 5) is 13.6. The van der Waals surface area contributed by atoms with E-state index in [0.717, 1.165) is 18.2 Å². The fourth-order valence-corrected chi connectivity index (χ4v) is 2.35. The van der Waals surface area contributed by atoms with E-state index >= 15 is 0 Å². The Morgan fingerprint density at radius 1 is 1.42 bits per heavy atom. The second-order valence-electron chi connectivity index (χ2n) is 5.51. The van der Waals surface area contributed by atoms with Crippen molar-refractivity contribution in [2.45, 2.75) is 25.9 Å². The van der Waals surface area contributed by atoms with Crippen LogP contribution in [0.3, 0.4) is 0 Å². The lowest BCUT2D eigenvalue weighted by atomic mass is 9.90. The van der Waals surface area contributed by atoms with E-state index in [-0.39, 0.29) is 11.5 Å². The van der Waals surface area contributed by atoms with Gasteiger partial charge in [0, 0.05) is 19.0 Å². The smallest absolute Gasteiger partial charge is 0.256 e. The summed E-state index contributed by atoms with van der Waals surface area (Å²) in [6, 6.07) is 2.84. The van der Waals surface area contributed by atoms with E-state index in [1.54, 1.807) is 13.8 Å². The van der Waals surface area contributed by atoms with Gasteiger partial charge in [-0.2, -0.15) is 0 Å². The van der Waals surface area contributed by atoms with Crippen molar-refractivity contribution in [2.75, 3.05) is 13.1 Å². The topological polar surface area (TPSA) is 40.5 Å². The maximum Gasteiger partial charge on any atom is 0.256 e. The highest BCUT2D eigenvalue weighted by Gasteiger charge is 2.36. The van der Waals surface area contributed by atoms with E-state index in [4.69, 9.17) is 0 Å². The van der Waals surface area contributed by atoms with Gasteiger partial charge in [0.15, 0.2) is 0 Å². The number of aliphatic hydroxyl groups is 1. The van der Waals surface area contributed by atoms with Crippen LogP contribution in [-0.2, 0) is 0 Å². The number of carbonyl (C=O) groups excluding carboxylic acids is 1. The summed E-state index contributed by atoms with van der Waals surface area (Å²) in [6.45, 7) is 4.19. The number of carbonyl (C=O) groups is 1. The number of hydrogen-bond acceptors (Lipinski definition) is 2. The second kappa shape index (κ2) is 4.89. The molecule has 1 saturated heterocycles. The van der Waals surface area contributed by atoms with Crippen molar-refractivity contribution >= 4 is 5.91 Å². The first kappa shape index (κ1) is 13.9. The first-order valence-electron chi connectivity index (χ1n) is 6.25. The molecule has 1 aromatic rings. The number of nitrogens with zero attached hydrogens (tertiary/aromatic N) is 1. The van der Waals surface area contributed by atoms with E-state index in [2.05, 4.69) is 0 Å². The number of rotatable bonds is 2. The Hall–Kier alpha value is -1.49. The molecule has 104 valence electrons. The summed E-state index contributed by atoms with van der Waals surface area (Å²) in [5, 5.41) is 9.91. The third kappa shape index (κ3) is 2.92. The van der Waals surface area contributed by atoms with Crippen molar-refractivity contribution in [3.05, 3.63) is 35.4 Å². The molecule has 0 saturated carbocycles. The SMILES string of the molecule is CC(C)(O)[C@H]1CCN(C(=O)c2cc(F)ccc2F)C1. The normalized spacial score (nSPS) is 19.8. The Balaban J connectivity index is 2.16. The lowest BCUT2D eigenvalue weighted by Gasteiger charge is -2.25. The predicted octanol–water partition coefficient (Wildman–Crippen LogP) is 2.20. The summed E-state index contributed by atoms with van der Waals surface area (Å²) >= 11 is 0. The molecule has 1 aliphatic heterocycles. The minimum absolute atomic E-state index is 0.0481. The molecule has 0 aliphatic carbocycles. The highest BCUT2D eigenvalue weighted by molar-refractivity contribution is 5.94. The van der Waals surface area contributed by atoms with E-state index in [0.29, 0.717) is 19.5 Å². The predicted molar refractivity (Wildman–Crippen MR) is 66.7 cm³/mol. The van der Waals surface area contributed by atoms with Crippen LogP contribution < -0.4 is 0 Å². The highest BCUT2D eigenvalue weighted by Crippen LogP contribution is 2.28.